The molecule has 2 heterocycles. The molecule has 124 valence electrons. The van der Waals surface area contributed by atoms with E-state index in [9.17, 15) is 0 Å². The van der Waals surface area contributed by atoms with Crippen molar-refractivity contribution < 1.29 is 0 Å². The van der Waals surface area contributed by atoms with Gasteiger partial charge in [0, 0.05) is 26.7 Å². The van der Waals surface area contributed by atoms with Crippen molar-refractivity contribution in [1.29, 1.82) is 0 Å². The van der Waals surface area contributed by atoms with Gasteiger partial charge in [-0.15, -0.1) is 11.3 Å². The fourth-order valence-electron chi connectivity index (χ4n) is 3.54. The summed E-state index contributed by atoms with van der Waals surface area (Å²) in [5.74, 6) is 0. The summed E-state index contributed by atoms with van der Waals surface area (Å²) in [5, 5.41) is 1.22. The van der Waals surface area contributed by atoms with E-state index in [0.717, 1.165) is 5.69 Å². The van der Waals surface area contributed by atoms with Gasteiger partial charge in [0.05, 0.1) is 5.69 Å². The molecule has 0 N–H and O–H groups in total. The van der Waals surface area contributed by atoms with Crippen molar-refractivity contribution in [3.05, 3.63) is 77.0 Å². The topological polar surface area (TPSA) is 12.9 Å². The third-order valence-electron chi connectivity index (χ3n) is 4.65. The molecule has 0 spiro atoms. The Kier molecular flexibility index (Phi) is 3.93. The summed E-state index contributed by atoms with van der Waals surface area (Å²) in [7, 11) is 0. The van der Waals surface area contributed by atoms with Gasteiger partial charge >= 0.3 is 0 Å². The fraction of sp³-hybridized carbons (Fsp3) is 0.174. The number of rotatable bonds is 2. The van der Waals surface area contributed by atoms with E-state index in [1.54, 1.807) is 0 Å². The summed E-state index contributed by atoms with van der Waals surface area (Å²) < 4.78 is 1.29. The monoisotopic (exact) mass is 343 g/mol. The minimum absolute atomic E-state index is 1.05. The minimum atomic E-state index is 1.05. The van der Waals surface area contributed by atoms with Crippen LogP contribution in [0.5, 0.6) is 0 Å². The molecule has 2 aromatic carbocycles. The Morgan fingerprint density at radius 3 is 2.16 bits per heavy atom. The summed E-state index contributed by atoms with van der Waals surface area (Å²) in [5.41, 5.74) is 8.81. The van der Waals surface area contributed by atoms with E-state index in [2.05, 4.69) is 76.2 Å². The highest BCUT2D eigenvalue weighted by molar-refractivity contribution is 7.22. The number of benzene rings is 2. The Hall–Kier alpha value is -2.45. The molecule has 0 saturated carbocycles. The Labute approximate surface area is 153 Å². The van der Waals surface area contributed by atoms with E-state index in [4.69, 9.17) is 4.98 Å². The lowest BCUT2D eigenvalue weighted by molar-refractivity contribution is 1.33. The molecule has 0 aliphatic heterocycles. The maximum absolute atomic E-state index is 4.72. The number of fused-ring (bicyclic) bond motifs is 1. The van der Waals surface area contributed by atoms with Crippen LogP contribution in [0.4, 0.5) is 0 Å². The first-order valence-electron chi connectivity index (χ1n) is 8.56. The summed E-state index contributed by atoms with van der Waals surface area (Å²) in [6, 6.07) is 17.6. The molecular weight excluding hydrogens is 322 g/mol. The number of hydrogen-bond donors (Lipinski definition) is 0. The van der Waals surface area contributed by atoms with Gasteiger partial charge < -0.3 is 0 Å². The number of thiophene rings is 1. The van der Waals surface area contributed by atoms with Crippen LogP contribution in [0.3, 0.4) is 0 Å². The predicted molar refractivity (Wildman–Crippen MR) is 109 cm³/mol. The van der Waals surface area contributed by atoms with Gasteiger partial charge in [-0.3, -0.25) is 4.98 Å². The van der Waals surface area contributed by atoms with Gasteiger partial charge in [0.15, 0.2) is 0 Å². The van der Waals surface area contributed by atoms with Crippen molar-refractivity contribution in [2.75, 3.05) is 0 Å². The number of hydrogen-bond acceptors (Lipinski definition) is 2. The molecule has 0 bridgehead atoms. The largest absolute Gasteiger partial charge is 0.256 e. The normalized spacial score (nSPS) is 11.2. The van der Waals surface area contributed by atoms with E-state index in [1.165, 1.54) is 48.3 Å². The average Bonchev–Trinajstić information content (AvgIpc) is 2.96. The Morgan fingerprint density at radius 2 is 1.48 bits per heavy atom. The third kappa shape index (κ3) is 2.98. The second-order valence-electron chi connectivity index (χ2n) is 6.86. The maximum atomic E-state index is 4.72. The van der Waals surface area contributed by atoms with Crippen molar-refractivity contribution in [1.82, 2.24) is 4.98 Å². The molecule has 0 aliphatic carbocycles. The first kappa shape index (κ1) is 16.0. The Bertz CT molecular complexity index is 1050. The molecule has 0 amide bonds. The number of aromatic nitrogens is 1. The molecule has 0 radical (unpaired) electrons. The quantitative estimate of drug-likeness (QED) is 0.387. The highest BCUT2D eigenvalue weighted by Crippen LogP contribution is 2.38. The zero-order valence-corrected chi connectivity index (χ0v) is 15.9. The molecule has 2 aromatic heterocycles. The van der Waals surface area contributed by atoms with Gasteiger partial charge in [0.25, 0.3) is 0 Å². The minimum Gasteiger partial charge on any atom is -0.256 e. The van der Waals surface area contributed by atoms with Crippen LogP contribution in [-0.2, 0) is 0 Å². The van der Waals surface area contributed by atoms with Crippen LogP contribution in [0.1, 0.15) is 22.3 Å². The Balaban J connectivity index is 1.85. The highest BCUT2D eigenvalue weighted by Gasteiger charge is 2.11. The number of aryl methyl sites for hydroxylation is 4. The lowest BCUT2D eigenvalue weighted by Crippen LogP contribution is -1.85. The van der Waals surface area contributed by atoms with Crippen LogP contribution in [0.2, 0.25) is 0 Å². The summed E-state index contributed by atoms with van der Waals surface area (Å²) in [4.78, 5) is 6.04. The Morgan fingerprint density at radius 1 is 0.800 bits per heavy atom. The molecule has 0 fully saturated rings. The zero-order valence-electron chi connectivity index (χ0n) is 15.1. The van der Waals surface area contributed by atoms with Crippen molar-refractivity contribution in [3.8, 4) is 21.7 Å². The molecule has 4 rings (SSSR count). The van der Waals surface area contributed by atoms with Crippen molar-refractivity contribution in [3.63, 3.8) is 0 Å². The fourth-order valence-corrected chi connectivity index (χ4v) is 4.79. The molecule has 0 atom stereocenters. The summed E-state index contributed by atoms with van der Waals surface area (Å²) in [6.07, 6.45) is 2.01. The van der Waals surface area contributed by atoms with E-state index < -0.39 is 0 Å². The first-order chi connectivity index (χ1) is 12.0. The van der Waals surface area contributed by atoms with E-state index in [1.807, 2.05) is 17.5 Å². The lowest BCUT2D eigenvalue weighted by atomic mass is 10.0. The molecule has 0 saturated heterocycles. The third-order valence-corrected chi connectivity index (χ3v) is 5.76. The molecule has 0 aliphatic rings. The second kappa shape index (κ2) is 6.12. The van der Waals surface area contributed by atoms with Crippen LogP contribution in [0.25, 0.3) is 31.8 Å². The molecular formula is C23H21NS. The smallest absolute Gasteiger partial charge is 0.0716 e. The van der Waals surface area contributed by atoms with Gasteiger partial charge in [-0.1, -0.05) is 35.4 Å². The van der Waals surface area contributed by atoms with Crippen LogP contribution in [0, 0.1) is 27.7 Å². The molecule has 1 nitrogen and oxygen atoms in total. The molecule has 25 heavy (non-hydrogen) atoms. The SMILES string of the molecule is Cc1cc(C)cc(-c2cc3sc(-c4c(C)cccc4C)cc3cn2)c1. The van der Waals surface area contributed by atoms with Crippen LogP contribution >= 0.6 is 11.3 Å². The van der Waals surface area contributed by atoms with Crippen molar-refractivity contribution >= 4 is 21.4 Å². The van der Waals surface area contributed by atoms with E-state index in [-0.39, 0.29) is 0 Å². The van der Waals surface area contributed by atoms with E-state index in [0.29, 0.717) is 0 Å². The van der Waals surface area contributed by atoms with Crippen molar-refractivity contribution in [2.24, 2.45) is 0 Å². The lowest BCUT2D eigenvalue weighted by Gasteiger charge is -2.06. The van der Waals surface area contributed by atoms with Crippen molar-refractivity contribution in [2.45, 2.75) is 27.7 Å². The molecule has 2 heteroatoms. The van der Waals surface area contributed by atoms with Gasteiger partial charge in [-0.05, 0) is 68.7 Å². The van der Waals surface area contributed by atoms with Crippen LogP contribution < -0.4 is 0 Å². The van der Waals surface area contributed by atoms with E-state index >= 15 is 0 Å². The van der Waals surface area contributed by atoms with Gasteiger partial charge in [0.1, 0.15) is 0 Å². The van der Waals surface area contributed by atoms with Gasteiger partial charge in [-0.25, -0.2) is 0 Å². The van der Waals surface area contributed by atoms with Gasteiger partial charge in [0.2, 0.25) is 0 Å². The van der Waals surface area contributed by atoms with Crippen LogP contribution in [0.15, 0.2) is 54.7 Å². The predicted octanol–water partition coefficient (Wildman–Crippen LogP) is 6.86. The molecule has 0 unspecified atom stereocenters. The summed E-state index contributed by atoms with van der Waals surface area (Å²) >= 11 is 1.86. The first-order valence-corrected chi connectivity index (χ1v) is 9.38. The maximum Gasteiger partial charge on any atom is 0.0716 e. The highest BCUT2D eigenvalue weighted by atomic mass is 32.1. The number of pyridine rings is 1. The van der Waals surface area contributed by atoms with Crippen LogP contribution in [-0.4, -0.2) is 4.98 Å². The summed E-state index contributed by atoms with van der Waals surface area (Å²) in [6.45, 7) is 8.65. The zero-order chi connectivity index (χ0) is 17.6. The number of nitrogens with zero attached hydrogens (tertiary/aromatic N) is 1. The second-order valence-corrected chi connectivity index (χ2v) is 7.94. The average molecular weight is 343 g/mol. The molecule has 4 aromatic rings. The van der Waals surface area contributed by atoms with Gasteiger partial charge in [-0.2, -0.15) is 0 Å². The standard InChI is InChI=1S/C23H21NS/c1-14-8-15(2)10-18(9-14)20-12-21-19(13-24-20)11-22(25-21)23-16(3)6-5-7-17(23)4/h5-13H,1-4H3.